The normalized spacial score (nSPS) is 13.1. The van der Waals surface area contributed by atoms with Gasteiger partial charge in [-0.25, -0.2) is 0 Å². The van der Waals surface area contributed by atoms with E-state index in [2.05, 4.69) is 0 Å². The van der Waals surface area contributed by atoms with E-state index in [9.17, 15) is 18.0 Å². The lowest BCUT2D eigenvalue weighted by molar-refractivity contribution is -0.161. The van der Waals surface area contributed by atoms with E-state index >= 15 is 0 Å². The molecule has 5 heteroatoms. The first-order valence-corrected chi connectivity index (χ1v) is 5.72. The van der Waals surface area contributed by atoms with Crippen LogP contribution in [0, 0.1) is 0 Å². The van der Waals surface area contributed by atoms with Crippen molar-refractivity contribution >= 4 is 5.97 Å². The van der Waals surface area contributed by atoms with Crippen molar-refractivity contribution in [3.63, 3.8) is 0 Å². The highest BCUT2D eigenvalue weighted by molar-refractivity contribution is 5.78. The molecule has 18 heavy (non-hydrogen) atoms. The van der Waals surface area contributed by atoms with Gasteiger partial charge in [0.1, 0.15) is 0 Å². The Morgan fingerprint density at radius 3 is 2.39 bits per heavy atom. The summed E-state index contributed by atoms with van der Waals surface area (Å²) >= 11 is 0. The van der Waals surface area contributed by atoms with E-state index in [0.717, 1.165) is 0 Å². The lowest BCUT2D eigenvalue weighted by Crippen LogP contribution is -2.23. The van der Waals surface area contributed by atoms with Gasteiger partial charge in [-0.2, -0.15) is 13.2 Å². The second kappa shape index (κ2) is 6.42. The highest BCUT2D eigenvalue weighted by Gasteiger charge is 2.36. The van der Waals surface area contributed by atoms with Crippen molar-refractivity contribution in [2.45, 2.75) is 31.9 Å². The van der Waals surface area contributed by atoms with Gasteiger partial charge < -0.3 is 4.74 Å². The molecule has 0 amide bonds. The minimum Gasteiger partial charge on any atom is -0.465 e. The number of hydrogen-bond donors (Lipinski definition) is 0. The van der Waals surface area contributed by atoms with Gasteiger partial charge in [-0.3, -0.25) is 4.79 Å². The Morgan fingerprint density at radius 2 is 1.89 bits per heavy atom. The van der Waals surface area contributed by atoms with E-state index in [1.54, 1.807) is 25.1 Å². The van der Waals surface area contributed by atoms with Crippen LogP contribution in [0.1, 0.15) is 31.2 Å². The fourth-order valence-corrected chi connectivity index (χ4v) is 1.56. The molecule has 100 valence electrons. The summed E-state index contributed by atoms with van der Waals surface area (Å²) in [7, 11) is 0. The van der Waals surface area contributed by atoms with Crippen LogP contribution in [0.4, 0.5) is 13.2 Å². The van der Waals surface area contributed by atoms with E-state index in [4.69, 9.17) is 4.74 Å². The summed E-state index contributed by atoms with van der Waals surface area (Å²) in [6.07, 6.45) is -5.01. The molecule has 1 rings (SSSR count). The summed E-state index contributed by atoms with van der Waals surface area (Å²) in [4.78, 5) is 11.7. The van der Waals surface area contributed by atoms with Gasteiger partial charge in [0.05, 0.1) is 18.9 Å². The van der Waals surface area contributed by atoms with E-state index in [0.29, 0.717) is 12.0 Å². The standard InChI is InChI=1S/C13H15F3O2/c1-2-8-18-12(17)11(9-13(14,15)16)10-6-4-3-5-7-10/h3-7,11H,2,8-9H2,1H3. The maximum atomic E-state index is 12.5. The van der Waals surface area contributed by atoms with Crippen LogP contribution in [-0.4, -0.2) is 18.8 Å². The number of hydrogen-bond acceptors (Lipinski definition) is 2. The number of carbonyl (C=O) groups excluding carboxylic acids is 1. The lowest BCUT2D eigenvalue weighted by Gasteiger charge is -2.17. The zero-order valence-electron chi connectivity index (χ0n) is 10.0. The van der Waals surface area contributed by atoms with Crippen molar-refractivity contribution in [1.82, 2.24) is 0 Å². The molecule has 0 aromatic heterocycles. The van der Waals surface area contributed by atoms with E-state index in [1.807, 2.05) is 0 Å². The third kappa shape index (κ3) is 4.77. The van der Waals surface area contributed by atoms with Crippen LogP contribution >= 0.6 is 0 Å². The van der Waals surface area contributed by atoms with Crippen LogP contribution in [0.15, 0.2) is 30.3 Å². The molecule has 1 aromatic rings. The summed E-state index contributed by atoms with van der Waals surface area (Å²) in [5.74, 6) is -2.10. The molecular weight excluding hydrogens is 245 g/mol. The van der Waals surface area contributed by atoms with Crippen LogP contribution in [0.2, 0.25) is 0 Å². The monoisotopic (exact) mass is 260 g/mol. The van der Waals surface area contributed by atoms with Gasteiger partial charge in [-0.05, 0) is 12.0 Å². The summed E-state index contributed by atoms with van der Waals surface area (Å²) < 4.78 is 42.2. The van der Waals surface area contributed by atoms with E-state index in [-0.39, 0.29) is 6.61 Å². The van der Waals surface area contributed by atoms with E-state index < -0.39 is 24.5 Å². The third-order valence-electron chi connectivity index (χ3n) is 2.37. The minimum absolute atomic E-state index is 0.139. The average molecular weight is 260 g/mol. The predicted molar refractivity (Wildman–Crippen MR) is 61.1 cm³/mol. The van der Waals surface area contributed by atoms with Crippen molar-refractivity contribution in [3.8, 4) is 0 Å². The molecule has 0 N–H and O–H groups in total. The Morgan fingerprint density at radius 1 is 1.28 bits per heavy atom. The lowest BCUT2D eigenvalue weighted by atomic mass is 9.95. The second-order valence-corrected chi connectivity index (χ2v) is 3.95. The van der Waals surface area contributed by atoms with Gasteiger partial charge in [0.25, 0.3) is 0 Å². The highest BCUT2D eigenvalue weighted by Crippen LogP contribution is 2.32. The number of halogens is 3. The van der Waals surface area contributed by atoms with Gasteiger partial charge in [0, 0.05) is 0 Å². The molecule has 0 fully saturated rings. The van der Waals surface area contributed by atoms with Crippen molar-refractivity contribution in [2.24, 2.45) is 0 Å². The number of esters is 1. The summed E-state index contributed by atoms with van der Waals surface area (Å²) in [6, 6.07) is 7.90. The smallest absolute Gasteiger partial charge is 0.390 e. The summed E-state index contributed by atoms with van der Waals surface area (Å²) in [6.45, 7) is 1.93. The molecule has 0 radical (unpaired) electrons. The molecular formula is C13H15F3O2. The SMILES string of the molecule is CCCOC(=O)C(CC(F)(F)F)c1ccccc1. The molecule has 0 aliphatic heterocycles. The first kappa shape index (κ1) is 14.5. The first-order valence-electron chi connectivity index (χ1n) is 5.72. The Labute approximate surface area is 104 Å². The first-order chi connectivity index (χ1) is 8.44. The Hall–Kier alpha value is -1.52. The van der Waals surface area contributed by atoms with Crippen molar-refractivity contribution in [1.29, 1.82) is 0 Å². The van der Waals surface area contributed by atoms with Crippen molar-refractivity contribution in [3.05, 3.63) is 35.9 Å². The molecule has 0 bridgehead atoms. The maximum Gasteiger partial charge on any atom is 0.390 e. The fraction of sp³-hybridized carbons (Fsp3) is 0.462. The van der Waals surface area contributed by atoms with Crippen LogP contribution in [-0.2, 0) is 9.53 Å². The van der Waals surface area contributed by atoms with E-state index in [1.165, 1.54) is 12.1 Å². The fourth-order valence-electron chi connectivity index (χ4n) is 1.56. The number of alkyl halides is 3. The highest BCUT2D eigenvalue weighted by atomic mass is 19.4. The van der Waals surface area contributed by atoms with Crippen molar-refractivity contribution < 1.29 is 22.7 Å². The van der Waals surface area contributed by atoms with Crippen LogP contribution in [0.3, 0.4) is 0 Å². The number of rotatable bonds is 5. The van der Waals surface area contributed by atoms with Gasteiger partial charge in [0.2, 0.25) is 0 Å². The number of ether oxygens (including phenoxy) is 1. The predicted octanol–water partition coefficient (Wildman–Crippen LogP) is 3.68. The zero-order valence-corrected chi connectivity index (χ0v) is 10.0. The summed E-state index contributed by atoms with van der Waals surface area (Å²) in [5, 5.41) is 0. The Balaban J connectivity index is 2.85. The molecule has 0 aliphatic rings. The van der Waals surface area contributed by atoms with Gasteiger partial charge in [0.15, 0.2) is 0 Å². The minimum atomic E-state index is -4.40. The molecule has 1 aromatic carbocycles. The number of benzene rings is 1. The van der Waals surface area contributed by atoms with Crippen LogP contribution in [0.5, 0.6) is 0 Å². The Kier molecular flexibility index (Phi) is 5.19. The molecule has 1 unspecified atom stereocenters. The van der Waals surface area contributed by atoms with Gasteiger partial charge >= 0.3 is 12.1 Å². The third-order valence-corrected chi connectivity index (χ3v) is 2.37. The largest absolute Gasteiger partial charge is 0.465 e. The van der Waals surface area contributed by atoms with Crippen LogP contribution in [0.25, 0.3) is 0 Å². The van der Waals surface area contributed by atoms with Crippen LogP contribution < -0.4 is 0 Å². The van der Waals surface area contributed by atoms with Crippen molar-refractivity contribution in [2.75, 3.05) is 6.61 Å². The zero-order chi connectivity index (χ0) is 13.6. The van der Waals surface area contributed by atoms with Gasteiger partial charge in [-0.15, -0.1) is 0 Å². The number of carbonyl (C=O) groups is 1. The molecule has 0 heterocycles. The summed E-state index contributed by atoms with van der Waals surface area (Å²) in [5.41, 5.74) is 0.330. The molecule has 0 spiro atoms. The molecule has 0 aliphatic carbocycles. The Bertz CT molecular complexity index is 374. The molecule has 0 saturated heterocycles. The topological polar surface area (TPSA) is 26.3 Å². The average Bonchev–Trinajstić information content (AvgIpc) is 2.33. The second-order valence-electron chi connectivity index (χ2n) is 3.95. The maximum absolute atomic E-state index is 12.5. The molecule has 1 atom stereocenters. The quantitative estimate of drug-likeness (QED) is 0.755. The van der Waals surface area contributed by atoms with Gasteiger partial charge in [-0.1, -0.05) is 37.3 Å². The molecule has 2 nitrogen and oxygen atoms in total. The molecule has 0 saturated carbocycles.